The molecule has 0 aromatic heterocycles. The molecule has 1 heterocycles. The molecule has 1 aromatic rings. The second-order valence-corrected chi connectivity index (χ2v) is 6.80. The maximum atomic E-state index is 13.0. The lowest BCUT2D eigenvalue weighted by Crippen LogP contribution is -2.18. The predicted molar refractivity (Wildman–Crippen MR) is 61.8 cm³/mol. The van der Waals surface area contributed by atoms with Crippen molar-refractivity contribution in [1.29, 1.82) is 0 Å². The highest BCUT2D eigenvalue weighted by atomic mass is 79.9. The van der Waals surface area contributed by atoms with Crippen molar-refractivity contribution in [3.63, 3.8) is 0 Å². The van der Waals surface area contributed by atoms with E-state index in [2.05, 4.69) is 15.9 Å². The maximum Gasteiger partial charge on any atom is 0.154 e. The molecule has 16 heavy (non-hydrogen) atoms. The molecule has 1 aliphatic heterocycles. The minimum atomic E-state index is -2.97. The zero-order valence-electron chi connectivity index (χ0n) is 8.32. The molecule has 1 aliphatic rings. The van der Waals surface area contributed by atoms with Crippen molar-refractivity contribution in [2.45, 2.75) is 12.5 Å². The molecule has 1 aromatic carbocycles. The van der Waals surface area contributed by atoms with Gasteiger partial charge in [0.15, 0.2) is 9.84 Å². The largest absolute Gasteiger partial charge is 0.488 e. The highest BCUT2D eigenvalue weighted by Gasteiger charge is 2.29. The number of benzene rings is 1. The van der Waals surface area contributed by atoms with Gasteiger partial charge < -0.3 is 4.74 Å². The SMILES string of the molecule is O=S1(=O)CCC(Oc2cc(F)ccc2Br)C1. The smallest absolute Gasteiger partial charge is 0.154 e. The van der Waals surface area contributed by atoms with Gasteiger partial charge in [-0.15, -0.1) is 0 Å². The zero-order chi connectivity index (χ0) is 11.8. The van der Waals surface area contributed by atoms with E-state index in [1.165, 1.54) is 18.2 Å². The molecule has 0 saturated carbocycles. The van der Waals surface area contributed by atoms with Gasteiger partial charge in [-0.1, -0.05) is 0 Å². The van der Waals surface area contributed by atoms with E-state index in [-0.39, 0.29) is 17.6 Å². The van der Waals surface area contributed by atoms with Crippen LogP contribution in [0.4, 0.5) is 4.39 Å². The number of halogens is 2. The molecule has 2 rings (SSSR count). The molecule has 1 fully saturated rings. The molecule has 1 unspecified atom stereocenters. The molecule has 0 spiro atoms. The number of hydrogen-bond acceptors (Lipinski definition) is 3. The lowest BCUT2D eigenvalue weighted by Gasteiger charge is -2.13. The van der Waals surface area contributed by atoms with E-state index < -0.39 is 15.7 Å². The van der Waals surface area contributed by atoms with E-state index >= 15 is 0 Å². The quantitative estimate of drug-likeness (QED) is 0.841. The summed E-state index contributed by atoms with van der Waals surface area (Å²) < 4.78 is 41.5. The zero-order valence-corrected chi connectivity index (χ0v) is 10.7. The third kappa shape index (κ3) is 2.74. The summed E-state index contributed by atoms with van der Waals surface area (Å²) in [6.07, 6.45) is 0.0914. The van der Waals surface area contributed by atoms with Crippen LogP contribution < -0.4 is 4.74 Å². The average Bonchev–Trinajstić information content (AvgIpc) is 2.52. The van der Waals surface area contributed by atoms with Crippen molar-refractivity contribution in [2.24, 2.45) is 0 Å². The van der Waals surface area contributed by atoms with Crippen molar-refractivity contribution >= 4 is 25.8 Å². The fourth-order valence-electron chi connectivity index (χ4n) is 1.60. The highest BCUT2D eigenvalue weighted by molar-refractivity contribution is 9.10. The van der Waals surface area contributed by atoms with Crippen molar-refractivity contribution in [3.8, 4) is 5.75 Å². The molecule has 88 valence electrons. The van der Waals surface area contributed by atoms with E-state index in [0.717, 1.165) is 0 Å². The van der Waals surface area contributed by atoms with Crippen LogP contribution in [0.5, 0.6) is 5.75 Å². The van der Waals surface area contributed by atoms with Crippen LogP contribution in [0.1, 0.15) is 6.42 Å². The number of hydrogen-bond donors (Lipinski definition) is 0. The summed E-state index contributed by atoms with van der Waals surface area (Å²) in [6, 6.07) is 4.09. The maximum absolute atomic E-state index is 13.0. The Bertz CT molecular complexity index is 501. The van der Waals surface area contributed by atoms with Gasteiger partial charge in [0.05, 0.1) is 16.0 Å². The van der Waals surface area contributed by atoms with Crippen LogP contribution in [-0.2, 0) is 9.84 Å². The van der Waals surface area contributed by atoms with Gasteiger partial charge in [0.2, 0.25) is 0 Å². The van der Waals surface area contributed by atoms with E-state index in [9.17, 15) is 12.8 Å². The van der Waals surface area contributed by atoms with Crippen LogP contribution in [0.3, 0.4) is 0 Å². The Labute approximate surface area is 102 Å². The molecule has 0 N–H and O–H groups in total. The Hall–Kier alpha value is -0.620. The monoisotopic (exact) mass is 308 g/mol. The normalized spacial score (nSPS) is 23.2. The fraction of sp³-hybridized carbons (Fsp3) is 0.400. The van der Waals surface area contributed by atoms with Crippen LogP contribution in [0.2, 0.25) is 0 Å². The van der Waals surface area contributed by atoms with E-state index in [1.807, 2.05) is 0 Å². The molecule has 0 amide bonds. The molecule has 1 saturated heterocycles. The summed E-state index contributed by atoms with van der Waals surface area (Å²) in [4.78, 5) is 0. The fourth-order valence-corrected chi connectivity index (χ4v) is 3.53. The molecule has 3 nitrogen and oxygen atoms in total. The molecular weight excluding hydrogens is 299 g/mol. The topological polar surface area (TPSA) is 43.4 Å². The van der Waals surface area contributed by atoms with E-state index in [4.69, 9.17) is 4.74 Å². The van der Waals surface area contributed by atoms with Crippen LogP contribution in [0.15, 0.2) is 22.7 Å². The summed E-state index contributed by atoms with van der Waals surface area (Å²) in [5.74, 6) is 0.0988. The van der Waals surface area contributed by atoms with Crippen LogP contribution in [0.25, 0.3) is 0 Å². The molecule has 0 bridgehead atoms. The van der Waals surface area contributed by atoms with Gasteiger partial charge in [-0.05, 0) is 34.5 Å². The number of rotatable bonds is 2. The van der Waals surface area contributed by atoms with Crippen LogP contribution in [0, 0.1) is 5.82 Å². The molecule has 6 heteroatoms. The first-order valence-electron chi connectivity index (χ1n) is 4.78. The Morgan fingerprint density at radius 2 is 2.19 bits per heavy atom. The highest BCUT2D eigenvalue weighted by Crippen LogP contribution is 2.28. The summed E-state index contributed by atoms with van der Waals surface area (Å²) >= 11 is 3.23. The van der Waals surface area contributed by atoms with Gasteiger partial charge >= 0.3 is 0 Å². The summed E-state index contributed by atoms with van der Waals surface area (Å²) in [7, 11) is -2.97. The number of sulfone groups is 1. The molecule has 0 aliphatic carbocycles. The summed E-state index contributed by atoms with van der Waals surface area (Å²) in [5.41, 5.74) is 0. The Kier molecular flexibility index (Phi) is 3.21. The molecule has 1 atom stereocenters. The van der Waals surface area contributed by atoms with Crippen molar-refractivity contribution in [1.82, 2.24) is 0 Å². The first kappa shape index (κ1) is 11.9. The van der Waals surface area contributed by atoms with Gasteiger partial charge in [0.25, 0.3) is 0 Å². The summed E-state index contributed by atoms with van der Waals surface area (Å²) in [6.45, 7) is 0. The second-order valence-electron chi connectivity index (χ2n) is 3.72. The first-order chi connectivity index (χ1) is 7.46. The third-order valence-electron chi connectivity index (χ3n) is 2.38. The van der Waals surface area contributed by atoms with Crippen LogP contribution >= 0.6 is 15.9 Å². The Balaban J connectivity index is 2.13. The lowest BCUT2D eigenvalue weighted by atomic mass is 10.3. The van der Waals surface area contributed by atoms with E-state index in [0.29, 0.717) is 16.6 Å². The van der Waals surface area contributed by atoms with E-state index in [1.54, 1.807) is 0 Å². The van der Waals surface area contributed by atoms with Gasteiger partial charge in [0.1, 0.15) is 17.7 Å². The predicted octanol–water partition coefficient (Wildman–Crippen LogP) is 2.15. The second kappa shape index (κ2) is 4.33. The Morgan fingerprint density at radius 1 is 1.44 bits per heavy atom. The third-order valence-corrected chi connectivity index (χ3v) is 4.77. The van der Waals surface area contributed by atoms with Gasteiger partial charge in [-0.2, -0.15) is 0 Å². The first-order valence-corrected chi connectivity index (χ1v) is 7.40. The van der Waals surface area contributed by atoms with Crippen molar-refractivity contribution < 1.29 is 17.5 Å². The van der Waals surface area contributed by atoms with Gasteiger partial charge in [0, 0.05) is 6.07 Å². The lowest BCUT2D eigenvalue weighted by molar-refractivity contribution is 0.226. The standard InChI is InChI=1S/C10H10BrFO3S/c11-9-2-1-7(12)5-10(9)15-8-3-4-16(13,14)6-8/h1-2,5,8H,3-4,6H2. The van der Waals surface area contributed by atoms with Crippen molar-refractivity contribution in [3.05, 3.63) is 28.5 Å². The van der Waals surface area contributed by atoms with Crippen LogP contribution in [-0.4, -0.2) is 26.0 Å². The average molecular weight is 309 g/mol. The minimum absolute atomic E-state index is 0.00987. The van der Waals surface area contributed by atoms with Crippen molar-refractivity contribution in [2.75, 3.05) is 11.5 Å². The molecule has 0 radical (unpaired) electrons. The molecular formula is C10H10BrFO3S. The summed E-state index contributed by atoms with van der Waals surface area (Å²) in [5, 5.41) is 0. The minimum Gasteiger partial charge on any atom is -0.488 e. The van der Waals surface area contributed by atoms with Gasteiger partial charge in [-0.3, -0.25) is 0 Å². The van der Waals surface area contributed by atoms with Gasteiger partial charge in [-0.25, -0.2) is 12.8 Å². The Morgan fingerprint density at radius 3 is 2.81 bits per heavy atom. The number of ether oxygens (including phenoxy) is 1.